The van der Waals surface area contributed by atoms with Crippen molar-refractivity contribution in [2.45, 2.75) is 6.92 Å². The van der Waals surface area contributed by atoms with Crippen molar-refractivity contribution < 1.29 is 9.53 Å². The minimum atomic E-state index is 0.252. The second kappa shape index (κ2) is 2.99. The highest BCUT2D eigenvalue weighted by molar-refractivity contribution is 5.82. The number of hydrogen-bond donors (Lipinski definition) is 0. The molecule has 0 saturated carbocycles. The largest absolute Gasteiger partial charge is 0.491 e. The maximum atomic E-state index is 10.1. The van der Waals surface area contributed by atoms with Crippen molar-refractivity contribution >= 4 is 12.2 Å². The molecule has 0 radical (unpaired) electrons. The van der Waals surface area contributed by atoms with Crippen molar-refractivity contribution in [1.29, 1.82) is 0 Å². The van der Waals surface area contributed by atoms with Gasteiger partial charge in [-0.3, -0.25) is 0 Å². The third kappa shape index (κ3) is 1.14. The Morgan fingerprint density at radius 3 is 3.20 bits per heavy atom. The van der Waals surface area contributed by atoms with Crippen molar-refractivity contribution in [2.24, 2.45) is 4.99 Å². The first-order chi connectivity index (χ1) is 4.88. The van der Waals surface area contributed by atoms with E-state index in [-0.39, 0.29) is 5.70 Å². The summed E-state index contributed by atoms with van der Waals surface area (Å²) in [5.74, 6) is 2.19. The zero-order valence-electron chi connectivity index (χ0n) is 5.63. The molecule has 0 bridgehead atoms. The van der Waals surface area contributed by atoms with Gasteiger partial charge >= 0.3 is 0 Å². The molecule has 0 aliphatic carbocycles. The standard InChI is InChI=1S/C7H7NO2/c1-2-10-7-3-4-8-6(7)5-9/h3-4H,2H2,1H3. The third-order valence-corrected chi connectivity index (χ3v) is 1.06. The Labute approximate surface area is 58.7 Å². The van der Waals surface area contributed by atoms with E-state index in [2.05, 4.69) is 4.99 Å². The van der Waals surface area contributed by atoms with Crippen molar-refractivity contribution in [1.82, 2.24) is 0 Å². The maximum absolute atomic E-state index is 10.1. The van der Waals surface area contributed by atoms with Gasteiger partial charge in [-0.15, -0.1) is 0 Å². The average Bonchev–Trinajstić information content (AvgIpc) is 2.36. The van der Waals surface area contributed by atoms with E-state index in [0.717, 1.165) is 0 Å². The third-order valence-electron chi connectivity index (χ3n) is 1.06. The summed E-state index contributed by atoms with van der Waals surface area (Å²) >= 11 is 0. The molecule has 0 N–H and O–H groups in total. The van der Waals surface area contributed by atoms with Gasteiger partial charge in [-0.25, -0.2) is 9.79 Å². The van der Waals surface area contributed by atoms with Crippen LogP contribution in [0.3, 0.4) is 0 Å². The lowest BCUT2D eigenvalue weighted by molar-refractivity contribution is 0.239. The fraction of sp³-hybridized carbons (Fsp3) is 0.286. The van der Waals surface area contributed by atoms with Crippen molar-refractivity contribution in [3.63, 3.8) is 0 Å². The van der Waals surface area contributed by atoms with Gasteiger partial charge in [0, 0.05) is 12.3 Å². The predicted molar refractivity (Wildman–Crippen MR) is 37.4 cm³/mol. The summed E-state index contributed by atoms with van der Waals surface area (Å²) in [6.45, 7) is 2.39. The lowest BCUT2D eigenvalue weighted by Gasteiger charge is -1.99. The molecule has 1 heterocycles. The van der Waals surface area contributed by atoms with Gasteiger partial charge in [-0.1, -0.05) is 0 Å². The van der Waals surface area contributed by atoms with Crippen LogP contribution >= 0.6 is 0 Å². The van der Waals surface area contributed by atoms with E-state index in [4.69, 9.17) is 4.74 Å². The van der Waals surface area contributed by atoms with Gasteiger partial charge in [0.05, 0.1) is 6.61 Å². The predicted octanol–water partition coefficient (Wildman–Crippen LogP) is 0.707. The Bertz CT molecular complexity index is 234. The Morgan fingerprint density at radius 1 is 1.80 bits per heavy atom. The average molecular weight is 137 g/mol. The Morgan fingerprint density at radius 2 is 2.60 bits per heavy atom. The van der Waals surface area contributed by atoms with Gasteiger partial charge in [0.1, 0.15) is 0 Å². The second-order valence-electron chi connectivity index (χ2n) is 1.69. The molecule has 1 aliphatic heterocycles. The number of ether oxygens (including phenoxy) is 1. The summed E-state index contributed by atoms with van der Waals surface area (Å²) in [4.78, 5) is 13.8. The van der Waals surface area contributed by atoms with Crippen molar-refractivity contribution in [3.8, 4) is 0 Å². The molecule has 0 amide bonds. The number of rotatable bonds is 2. The fourth-order valence-corrected chi connectivity index (χ4v) is 0.671. The van der Waals surface area contributed by atoms with E-state index < -0.39 is 0 Å². The lowest BCUT2D eigenvalue weighted by Crippen LogP contribution is -1.90. The zero-order valence-corrected chi connectivity index (χ0v) is 5.63. The van der Waals surface area contributed by atoms with E-state index in [1.807, 2.05) is 6.92 Å². The molecule has 0 unspecified atom stereocenters. The van der Waals surface area contributed by atoms with Gasteiger partial charge in [0.2, 0.25) is 0 Å². The highest BCUT2D eigenvalue weighted by Crippen LogP contribution is 2.13. The Balaban J connectivity index is 2.72. The summed E-state index contributed by atoms with van der Waals surface area (Å²) in [6, 6.07) is 0. The molecule has 0 fully saturated rings. The number of hydrogen-bond acceptors (Lipinski definition) is 3. The van der Waals surface area contributed by atoms with Crippen LogP contribution in [0, 0.1) is 0 Å². The molecule has 0 atom stereocenters. The molecule has 0 aromatic heterocycles. The minimum Gasteiger partial charge on any atom is -0.491 e. The molecule has 3 nitrogen and oxygen atoms in total. The molecule has 52 valence electrons. The molecular formula is C7H7NO2. The topological polar surface area (TPSA) is 38.7 Å². The summed E-state index contributed by atoms with van der Waals surface area (Å²) in [6.07, 6.45) is 3.16. The van der Waals surface area contributed by atoms with Crippen LogP contribution in [0.1, 0.15) is 6.92 Å². The van der Waals surface area contributed by atoms with Gasteiger partial charge in [-0.2, -0.15) is 0 Å². The van der Waals surface area contributed by atoms with Crippen LogP contribution in [0.15, 0.2) is 22.5 Å². The number of nitrogens with zero attached hydrogens (tertiary/aromatic N) is 1. The monoisotopic (exact) mass is 137 g/mol. The molecule has 0 aromatic carbocycles. The molecule has 0 aromatic rings. The molecule has 3 heteroatoms. The second-order valence-corrected chi connectivity index (χ2v) is 1.69. The quantitative estimate of drug-likeness (QED) is 0.525. The molecule has 1 rings (SSSR count). The van der Waals surface area contributed by atoms with Crippen LogP contribution in [0.25, 0.3) is 0 Å². The Hall–Kier alpha value is -1.34. The molecule has 0 spiro atoms. The first kappa shape index (κ1) is 6.78. The van der Waals surface area contributed by atoms with Crippen LogP contribution in [-0.2, 0) is 9.53 Å². The Kier molecular flexibility index (Phi) is 2.03. The van der Waals surface area contributed by atoms with Crippen LogP contribution in [0.4, 0.5) is 0 Å². The number of allylic oxidation sites excluding steroid dienone is 1. The van der Waals surface area contributed by atoms with Crippen LogP contribution < -0.4 is 0 Å². The summed E-state index contributed by atoms with van der Waals surface area (Å²) in [7, 11) is 0. The van der Waals surface area contributed by atoms with Gasteiger partial charge < -0.3 is 4.74 Å². The molecule has 10 heavy (non-hydrogen) atoms. The van der Waals surface area contributed by atoms with E-state index in [1.54, 1.807) is 12.0 Å². The smallest absolute Gasteiger partial charge is 0.189 e. The first-order valence-corrected chi connectivity index (χ1v) is 3.01. The number of aliphatic imine (C=N–C) groups is 1. The summed E-state index contributed by atoms with van der Waals surface area (Å²) < 4.78 is 5.04. The van der Waals surface area contributed by atoms with Crippen LogP contribution in [0.5, 0.6) is 0 Å². The lowest BCUT2D eigenvalue weighted by atomic mass is 10.4. The van der Waals surface area contributed by atoms with Gasteiger partial charge in [-0.05, 0) is 6.92 Å². The zero-order chi connectivity index (χ0) is 7.40. The molecular weight excluding hydrogens is 130 g/mol. The SMILES string of the molecule is CCOC1=CC=NC1=C=O. The van der Waals surface area contributed by atoms with E-state index in [0.29, 0.717) is 12.4 Å². The normalized spacial score (nSPS) is 14.9. The first-order valence-electron chi connectivity index (χ1n) is 3.01. The van der Waals surface area contributed by atoms with Crippen LogP contribution in [-0.4, -0.2) is 18.8 Å². The molecule has 1 aliphatic rings. The van der Waals surface area contributed by atoms with E-state index >= 15 is 0 Å². The van der Waals surface area contributed by atoms with E-state index in [9.17, 15) is 4.79 Å². The number of carbonyl (C=O) groups excluding carboxylic acids is 1. The van der Waals surface area contributed by atoms with Crippen LogP contribution in [0.2, 0.25) is 0 Å². The highest BCUT2D eigenvalue weighted by Gasteiger charge is 2.08. The maximum Gasteiger partial charge on any atom is 0.189 e. The fourth-order valence-electron chi connectivity index (χ4n) is 0.671. The summed E-state index contributed by atoms with van der Waals surface area (Å²) in [5.41, 5.74) is 0.252. The highest BCUT2D eigenvalue weighted by atomic mass is 16.5. The van der Waals surface area contributed by atoms with Crippen molar-refractivity contribution in [2.75, 3.05) is 6.61 Å². The van der Waals surface area contributed by atoms with E-state index in [1.165, 1.54) is 6.21 Å². The van der Waals surface area contributed by atoms with Gasteiger partial charge in [0.25, 0.3) is 0 Å². The van der Waals surface area contributed by atoms with Crippen molar-refractivity contribution in [3.05, 3.63) is 17.5 Å². The minimum absolute atomic E-state index is 0.252. The van der Waals surface area contributed by atoms with Gasteiger partial charge in [0.15, 0.2) is 17.4 Å². The molecule has 0 saturated heterocycles. The summed E-state index contributed by atoms with van der Waals surface area (Å²) in [5, 5.41) is 0.